The Bertz CT molecular complexity index is 320. The van der Waals surface area contributed by atoms with Crippen molar-refractivity contribution >= 4 is 35.2 Å². The molecule has 1 aliphatic carbocycles. The molecule has 102 valence electrons. The van der Waals surface area contributed by atoms with Gasteiger partial charge in [0.05, 0.1) is 5.88 Å². The highest BCUT2D eigenvalue weighted by molar-refractivity contribution is 7.99. The Morgan fingerprint density at radius 2 is 2.06 bits per heavy atom. The van der Waals surface area contributed by atoms with Gasteiger partial charge in [0.25, 0.3) is 0 Å². The Morgan fingerprint density at radius 1 is 1.33 bits per heavy atom. The van der Waals surface area contributed by atoms with Crippen LogP contribution in [0.1, 0.15) is 25.7 Å². The van der Waals surface area contributed by atoms with Gasteiger partial charge in [-0.2, -0.15) is 11.8 Å². The predicted octanol–water partition coefficient (Wildman–Crippen LogP) is 2.29. The molecule has 0 aromatic carbocycles. The second kappa shape index (κ2) is 6.66. The number of ether oxygens (including phenoxy) is 1. The molecule has 0 N–H and O–H groups in total. The standard InChI is InChI=1S/C12H18ClNO3S/c13-7-11(15)10-8-18-6-5-14(10)12(16)17-9-3-1-2-4-9/h9-10H,1-8H2. The number of hydrogen-bond donors (Lipinski definition) is 0. The SMILES string of the molecule is O=C(CCl)C1CSCCN1C(=O)OC1CCCC1. The number of thioether (sulfide) groups is 1. The fraction of sp³-hybridized carbons (Fsp3) is 0.833. The van der Waals surface area contributed by atoms with E-state index < -0.39 is 6.04 Å². The van der Waals surface area contributed by atoms with Crippen molar-refractivity contribution in [1.82, 2.24) is 4.90 Å². The highest BCUT2D eigenvalue weighted by Crippen LogP contribution is 2.24. The summed E-state index contributed by atoms with van der Waals surface area (Å²) in [5.41, 5.74) is 0. The number of halogens is 1. The van der Waals surface area contributed by atoms with Crippen LogP contribution in [-0.2, 0) is 9.53 Å². The molecule has 0 aromatic rings. The van der Waals surface area contributed by atoms with Crippen LogP contribution >= 0.6 is 23.4 Å². The largest absolute Gasteiger partial charge is 0.446 e. The van der Waals surface area contributed by atoms with Crippen LogP contribution in [0, 0.1) is 0 Å². The van der Waals surface area contributed by atoms with Gasteiger partial charge >= 0.3 is 6.09 Å². The molecule has 2 fully saturated rings. The highest BCUT2D eigenvalue weighted by Gasteiger charge is 2.34. The van der Waals surface area contributed by atoms with Crippen molar-refractivity contribution < 1.29 is 14.3 Å². The molecule has 0 bridgehead atoms. The van der Waals surface area contributed by atoms with Gasteiger partial charge in [0.15, 0.2) is 5.78 Å². The van der Waals surface area contributed by atoms with E-state index in [1.165, 1.54) is 0 Å². The first kappa shape index (κ1) is 14.0. The highest BCUT2D eigenvalue weighted by atomic mass is 35.5. The van der Waals surface area contributed by atoms with Gasteiger partial charge in [-0.3, -0.25) is 9.69 Å². The first-order valence-corrected chi connectivity index (χ1v) is 8.05. The van der Waals surface area contributed by atoms with Gasteiger partial charge in [-0.15, -0.1) is 11.6 Å². The topological polar surface area (TPSA) is 46.6 Å². The van der Waals surface area contributed by atoms with Crippen molar-refractivity contribution in [2.45, 2.75) is 37.8 Å². The molecule has 1 saturated heterocycles. The Kier molecular flexibility index (Phi) is 5.18. The predicted molar refractivity (Wildman–Crippen MR) is 72.3 cm³/mol. The number of carbonyl (C=O) groups is 2. The number of hydrogen-bond acceptors (Lipinski definition) is 4. The second-order valence-electron chi connectivity index (χ2n) is 4.67. The molecule has 6 heteroatoms. The maximum absolute atomic E-state index is 12.1. The molecule has 1 heterocycles. The summed E-state index contributed by atoms with van der Waals surface area (Å²) in [6.07, 6.45) is 3.84. The molecule has 2 aliphatic rings. The quantitative estimate of drug-likeness (QED) is 0.749. The van der Waals surface area contributed by atoms with E-state index in [1.54, 1.807) is 16.7 Å². The van der Waals surface area contributed by atoms with Gasteiger partial charge in [0.1, 0.15) is 12.1 Å². The summed E-state index contributed by atoms with van der Waals surface area (Å²) in [6.45, 7) is 0.573. The van der Waals surface area contributed by atoms with Crippen molar-refractivity contribution in [3.8, 4) is 0 Å². The van der Waals surface area contributed by atoms with Crippen LogP contribution in [0.25, 0.3) is 0 Å². The summed E-state index contributed by atoms with van der Waals surface area (Å²) in [5, 5.41) is 0. The molecule has 0 aromatic heterocycles. The van der Waals surface area contributed by atoms with Crippen LogP contribution in [0.4, 0.5) is 4.79 Å². The van der Waals surface area contributed by atoms with Gasteiger partial charge < -0.3 is 4.74 Å². The molecule has 1 saturated carbocycles. The Labute approximate surface area is 116 Å². The van der Waals surface area contributed by atoms with Gasteiger partial charge in [-0.1, -0.05) is 0 Å². The molecule has 1 aliphatic heterocycles. The average Bonchev–Trinajstić information content (AvgIpc) is 2.90. The molecule has 1 amide bonds. The third kappa shape index (κ3) is 3.32. The van der Waals surface area contributed by atoms with Gasteiger partial charge in [0.2, 0.25) is 0 Å². The zero-order chi connectivity index (χ0) is 13.0. The van der Waals surface area contributed by atoms with E-state index >= 15 is 0 Å². The Hall–Kier alpha value is -0.420. The number of nitrogens with zero attached hydrogens (tertiary/aromatic N) is 1. The van der Waals surface area contributed by atoms with Gasteiger partial charge in [-0.05, 0) is 25.7 Å². The lowest BCUT2D eigenvalue weighted by molar-refractivity contribution is -0.120. The summed E-state index contributed by atoms with van der Waals surface area (Å²) < 4.78 is 5.46. The number of carbonyl (C=O) groups excluding carboxylic acids is 2. The second-order valence-corrected chi connectivity index (χ2v) is 6.09. The van der Waals surface area contributed by atoms with E-state index in [2.05, 4.69) is 0 Å². The first-order valence-electron chi connectivity index (χ1n) is 6.36. The summed E-state index contributed by atoms with van der Waals surface area (Å²) >= 11 is 7.27. The fourth-order valence-electron chi connectivity index (χ4n) is 2.39. The van der Waals surface area contributed by atoms with Crippen LogP contribution in [0.3, 0.4) is 0 Å². The molecule has 0 radical (unpaired) electrons. The van der Waals surface area contributed by atoms with Crippen molar-refractivity contribution in [2.24, 2.45) is 0 Å². The van der Waals surface area contributed by atoms with E-state index in [1.807, 2.05) is 0 Å². The molecule has 1 unspecified atom stereocenters. The van der Waals surface area contributed by atoms with E-state index in [4.69, 9.17) is 16.3 Å². The van der Waals surface area contributed by atoms with Crippen molar-refractivity contribution in [3.63, 3.8) is 0 Å². The summed E-state index contributed by atoms with van der Waals surface area (Å²) in [6, 6.07) is -0.407. The lowest BCUT2D eigenvalue weighted by Crippen LogP contribution is -2.51. The monoisotopic (exact) mass is 291 g/mol. The minimum absolute atomic E-state index is 0.0406. The fourth-order valence-corrected chi connectivity index (χ4v) is 3.65. The minimum atomic E-state index is -0.407. The first-order chi connectivity index (χ1) is 8.72. The molecule has 1 atom stereocenters. The van der Waals surface area contributed by atoms with Crippen LogP contribution in [0.15, 0.2) is 0 Å². The van der Waals surface area contributed by atoms with Crippen molar-refractivity contribution in [3.05, 3.63) is 0 Å². The number of amides is 1. The molecular formula is C12H18ClNO3S. The van der Waals surface area contributed by atoms with Crippen molar-refractivity contribution in [1.29, 1.82) is 0 Å². The number of rotatable bonds is 3. The van der Waals surface area contributed by atoms with Crippen LogP contribution in [-0.4, -0.2) is 52.9 Å². The van der Waals surface area contributed by atoms with E-state index in [0.717, 1.165) is 31.4 Å². The molecule has 18 heavy (non-hydrogen) atoms. The molecule has 4 nitrogen and oxygen atoms in total. The summed E-state index contributed by atoms with van der Waals surface area (Å²) in [5.74, 6) is 1.35. The van der Waals surface area contributed by atoms with Crippen LogP contribution < -0.4 is 0 Å². The van der Waals surface area contributed by atoms with Crippen LogP contribution in [0.5, 0.6) is 0 Å². The third-order valence-electron chi connectivity index (χ3n) is 3.44. The summed E-state index contributed by atoms with van der Waals surface area (Å²) in [4.78, 5) is 25.4. The molecule has 2 rings (SSSR count). The third-order valence-corrected chi connectivity index (χ3v) is 4.72. The normalized spacial score (nSPS) is 25.2. The number of ketones is 1. The number of Topliss-reactive ketones (excluding diaryl/α,β-unsaturated/α-hetero) is 1. The zero-order valence-corrected chi connectivity index (χ0v) is 11.8. The zero-order valence-electron chi connectivity index (χ0n) is 10.3. The molecule has 0 spiro atoms. The minimum Gasteiger partial charge on any atom is -0.446 e. The van der Waals surface area contributed by atoms with Gasteiger partial charge in [-0.25, -0.2) is 4.79 Å². The summed E-state index contributed by atoms with van der Waals surface area (Å²) in [7, 11) is 0. The van der Waals surface area contributed by atoms with E-state index in [9.17, 15) is 9.59 Å². The van der Waals surface area contributed by atoms with Crippen LogP contribution in [0.2, 0.25) is 0 Å². The van der Waals surface area contributed by atoms with E-state index in [0.29, 0.717) is 12.3 Å². The molecular weight excluding hydrogens is 274 g/mol. The Morgan fingerprint density at radius 3 is 2.72 bits per heavy atom. The van der Waals surface area contributed by atoms with Crippen molar-refractivity contribution in [2.75, 3.05) is 23.9 Å². The lowest BCUT2D eigenvalue weighted by Gasteiger charge is -2.33. The maximum atomic E-state index is 12.1. The lowest BCUT2D eigenvalue weighted by atomic mass is 10.2. The number of alkyl halides is 1. The maximum Gasteiger partial charge on any atom is 0.410 e. The Balaban J connectivity index is 1.94. The smallest absolute Gasteiger partial charge is 0.410 e. The van der Waals surface area contributed by atoms with E-state index in [-0.39, 0.29) is 23.9 Å². The van der Waals surface area contributed by atoms with Gasteiger partial charge in [0, 0.05) is 18.1 Å². The average molecular weight is 292 g/mol.